The van der Waals surface area contributed by atoms with Gasteiger partial charge in [-0.1, -0.05) is 61.6 Å². The van der Waals surface area contributed by atoms with Gasteiger partial charge in [-0.3, -0.25) is 14.4 Å². The largest absolute Gasteiger partial charge is 0.465 e. The predicted octanol–water partition coefficient (Wildman–Crippen LogP) is 3.17. The third-order valence-corrected chi connectivity index (χ3v) is 8.57. The number of carbonyl (C=O) groups is 3. The second kappa shape index (κ2) is 9.65. The standard InChI is InChI=1S/C30H38N2O6/c1-5-29-15-10-7-11-18-37-27(36)23(29)22-25(34)32(21(19-33)20-13-8-6-9-14-20)24-26(35)31(28(2,3)4)17-12-16-30(22,24)38-29/h6,8-10,12-16,21-24,33H,5,7,11,17-19H2,1-4H3/b15-10-/t21-,22+,23-,24?,29+,30+/m1/s1. The summed E-state index contributed by atoms with van der Waals surface area (Å²) in [6.45, 7) is 8.02. The summed E-state index contributed by atoms with van der Waals surface area (Å²) in [6, 6.07) is 7.36. The van der Waals surface area contributed by atoms with E-state index < -0.39 is 46.6 Å². The number of aliphatic hydroxyl groups is 1. The Bertz CT molecular complexity index is 1160. The van der Waals surface area contributed by atoms with E-state index in [0.717, 1.165) is 6.42 Å². The fourth-order valence-electron chi connectivity index (χ4n) is 6.78. The number of likely N-dealkylation sites (tertiary alicyclic amines) is 1. The molecule has 1 N–H and O–H groups in total. The smallest absolute Gasteiger partial charge is 0.313 e. The van der Waals surface area contributed by atoms with E-state index in [4.69, 9.17) is 9.47 Å². The SMILES string of the molecule is CC[C@]12/C=C\CCCOC(=O)[C@H]1[C@H]1C(=O)N([C@H](CO)c3ccccc3)C3C(=O)N(C(C)(C)C)CC=C[C@@]31O2. The van der Waals surface area contributed by atoms with Gasteiger partial charge in [-0.05, 0) is 45.6 Å². The Hall–Kier alpha value is -2.97. The second-order valence-electron chi connectivity index (χ2n) is 11.7. The molecule has 8 nitrogen and oxygen atoms in total. The number of fused-ring (bicyclic) bond motifs is 2. The number of carbonyl (C=O) groups excluding carboxylic acids is 3. The molecule has 38 heavy (non-hydrogen) atoms. The molecule has 1 aromatic carbocycles. The number of cyclic esters (lactones) is 1. The van der Waals surface area contributed by atoms with Crippen molar-refractivity contribution in [3.8, 4) is 0 Å². The van der Waals surface area contributed by atoms with E-state index in [1.54, 1.807) is 4.90 Å². The number of ether oxygens (including phenoxy) is 2. The quantitative estimate of drug-likeness (QED) is 0.482. The lowest BCUT2D eigenvalue weighted by Crippen LogP contribution is -2.59. The fraction of sp³-hybridized carbons (Fsp3) is 0.567. The zero-order valence-corrected chi connectivity index (χ0v) is 22.6. The van der Waals surface area contributed by atoms with E-state index in [9.17, 15) is 19.5 Å². The van der Waals surface area contributed by atoms with E-state index in [2.05, 4.69) is 0 Å². The normalized spacial score (nSPS) is 34.9. The molecule has 8 heteroatoms. The molecule has 5 rings (SSSR count). The van der Waals surface area contributed by atoms with E-state index in [1.807, 2.05) is 82.3 Å². The summed E-state index contributed by atoms with van der Waals surface area (Å²) < 4.78 is 12.6. The third-order valence-electron chi connectivity index (χ3n) is 8.57. The van der Waals surface area contributed by atoms with Crippen molar-refractivity contribution in [2.45, 2.75) is 75.8 Å². The number of hydrogen-bond donors (Lipinski definition) is 1. The van der Waals surface area contributed by atoms with E-state index in [-0.39, 0.29) is 25.0 Å². The second-order valence-corrected chi connectivity index (χ2v) is 11.7. The molecule has 0 aliphatic carbocycles. The van der Waals surface area contributed by atoms with Gasteiger partial charge in [0.1, 0.15) is 23.2 Å². The highest BCUT2D eigenvalue weighted by Crippen LogP contribution is 2.59. The molecule has 2 saturated heterocycles. The maximum absolute atomic E-state index is 14.6. The number of hydrogen-bond acceptors (Lipinski definition) is 6. The molecule has 1 aromatic rings. The highest BCUT2D eigenvalue weighted by Gasteiger charge is 2.76. The first-order valence-corrected chi connectivity index (χ1v) is 13.6. The monoisotopic (exact) mass is 522 g/mol. The Morgan fingerprint density at radius 2 is 1.79 bits per heavy atom. The minimum atomic E-state index is -1.39. The van der Waals surface area contributed by atoms with Gasteiger partial charge in [0.2, 0.25) is 11.8 Å². The average Bonchev–Trinajstić information content (AvgIpc) is 3.26. The van der Waals surface area contributed by atoms with Crippen LogP contribution in [0.25, 0.3) is 0 Å². The van der Waals surface area contributed by atoms with Crippen LogP contribution in [0, 0.1) is 11.8 Å². The Morgan fingerprint density at radius 1 is 1.05 bits per heavy atom. The van der Waals surface area contributed by atoms with Crippen molar-refractivity contribution in [2.24, 2.45) is 11.8 Å². The van der Waals surface area contributed by atoms with Crippen LogP contribution in [0.1, 0.15) is 58.6 Å². The number of rotatable bonds is 4. The van der Waals surface area contributed by atoms with Crippen LogP contribution >= 0.6 is 0 Å². The van der Waals surface area contributed by atoms with Crippen molar-refractivity contribution in [1.82, 2.24) is 9.80 Å². The molecule has 4 aliphatic heterocycles. The van der Waals surface area contributed by atoms with Crippen LogP contribution in [0.15, 0.2) is 54.6 Å². The highest BCUT2D eigenvalue weighted by molar-refractivity contribution is 5.99. The van der Waals surface area contributed by atoms with Crippen LogP contribution in [-0.4, -0.2) is 75.2 Å². The summed E-state index contributed by atoms with van der Waals surface area (Å²) in [6.07, 6.45) is 9.48. The maximum atomic E-state index is 14.6. The Labute approximate surface area is 224 Å². The number of nitrogens with zero attached hydrogens (tertiary/aromatic N) is 2. The molecule has 0 aromatic heterocycles. The molecule has 2 fully saturated rings. The van der Waals surface area contributed by atoms with Gasteiger partial charge < -0.3 is 24.4 Å². The van der Waals surface area contributed by atoms with Crippen molar-refractivity contribution >= 4 is 17.8 Å². The molecule has 6 atom stereocenters. The molecule has 0 radical (unpaired) electrons. The minimum Gasteiger partial charge on any atom is -0.465 e. The lowest BCUT2D eigenvalue weighted by molar-refractivity contribution is -0.164. The zero-order valence-electron chi connectivity index (χ0n) is 22.6. The number of allylic oxidation sites excluding steroid dienone is 1. The molecule has 4 aliphatic rings. The summed E-state index contributed by atoms with van der Waals surface area (Å²) in [7, 11) is 0. The predicted molar refractivity (Wildman–Crippen MR) is 141 cm³/mol. The summed E-state index contributed by atoms with van der Waals surface area (Å²) in [5.74, 6) is -3.01. The van der Waals surface area contributed by atoms with Crippen LogP contribution in [0.2, 0.25) is 0 Å². The maximum Gasteiger partial charge on any atom is 0.313 e. The van der Waals surface area contributed by atoms with Crippen LogP contribution in [-0.2, 0) is 23.9 Å². The van der Waals surface area contributed by atoms with Crippen molar-refractivity contribution in [2.75, 3.05) is 19.8 Å². The number of aliphatic hydroxyl groups excluding tert-OH is 1. The summed E-state index contributed by atoms with van der Waals surface area (Å²) >= 11 is 0. The first-order valence-electron chi connectivity index (χ1n) is 13.6. The van der Waals surface area contributed by atoms with Gasteiger partial charge in [-0.25, -0.2) is 0 Å². The molecule has 1 unspecified atom stereocenters. The summed E-state index contributed by atoms with van der Waals surface area (Å²) in [5, 5.41) is 10.6. The van der Waals surface area contributed by atoms with Crippen LogP contribution in [0.3, 0.4) is 0 Å². The molecule has 1 spiro atoms. The molecule has 0 bridgehead atoms. The van der Waals surface area contributed by atoms with Gasteiger partial charge in [-0.2, -0.15) is 0 Å². The summed E-state index contributed by atoms with van der Waals surface area (Å²) in [4.78, 5) is 45.9. The first kappa shape index (κ1) is 26.6. The minimum absolute atomic E-state index is 0.260. The molecular weight excluding hydrogens is 484 g/mol. The molecule has 4 heterocycles. The van der Waals surface area contributed by atoms with Crippen LogP contribution in [0.5, 0.6) is 0 Å². The van der Waals surface area contributed by atoms with Gasteiger partial charge in [0.15, 0.2) is 0 Å². The van der Waals surface area contributed by atoms with Gasteiger partial charge >= 0.3 is 5.97 Å². The van der Waals surface area contributed by atoms with Gasteiger partial charge in [0.05, 0.1) is 25.2 Å². The van der Waals surface area contributed by atoms with E-state index in [1.165, 1.54) is 4.90 Å². The zero-order chi connectivity index (χ0) is 27.3. The Kier molecular flexibility index (Phi) is 6.76. The van der Waals surface area contributed by atoms with Gasteiger partial charge in [0, 0.05) is 12.1 Å². The number of amides is 2. The van der Waals surface area contributed by atoms with Gasteiger partial charge in [-0.15, -0.1) is 0 Å². The average molecular weight is 523 g/mol. The van der Waals surface area contributed by atoms with Crippen LogP contribution in [0.4, 0.5) is 0 Å². The molecule has 204 valence electrons. The highest BCUT2D eigenvalue weighted by atomic mass is 16.6. The molecule has 2 amide bonds. The van der Waals surface area contributed by atoms with E-state index >= 15 is 0 Å². The first-order chi connectivity index (χ1) is 18.1. The molecule has 0 saturated carbocycles. The number of esters is 1. The topological polar surface area (TPSA) is 96.4 Å². The molecular formula is C30H38N2O6. The number of benzene rings is 1. The van der Waals surface area contributed by atoms with Crippen molar-refractivity contribution in [3.63, 3.8) is 0 Å². The Balaban J connectivity index is 1.74. The van der Waals surface area contributed by atoms with Crippen molar-refractivity contribution in [1.29, 1.82) is 0 Å². The summed E-state index contributed by atoms with van der Waals surface area (Å²) in [5.41, 5.74) is -2.30. The third kappa shape index (κ3) is 3.92. The fourth-order valence-corrected chi connectivity index (χ4v) is 6.78. The lowest BCUT2D eigenvalue weighted by Gasteiger charge is -2.43. The van der Waals surface area contributed by atoms with Crippen molar-refractivity contribution < 1.29 is 29.0 Å². The van der Waals surface area contributed by atoms with Gasteiger partial charge in [0.25, 0.3) is 0 Å². The Morgan fingerprint density at radius 3 is 2.45 bits per heavy atom. The van der Waals surface area contributed by atoms with Crippen LogP contribution < -0.4 is 0 Å². The van der Waals surface area contributed by atoms with E-state index in [0.29, 0.717) is 24.9 Å². The van der Waals surface area contributed by atoms with Crippen molar-refractivity contribution in [3.05, 3.63) is 60.2 Å². The lowest BCUT2D eigenvalue weighted by atomic mass is 9.73.